The van der Waals surface area contributed by atoms with Crippen molar-refractivity contribution < 1.29 is 9.32 Å². The zero-order chi connectivity index (χ0) is 13.1. The van der Waals surface area contributed by atoms with Crippen LogP contribution in [-0.2, 0) is 11.5 Å². The number of nitrogens with one attached hydrogen (secondary N) is 1. The number of halogens is 1. The molecule has 0 fully saturated rings. The zero-order valence-corrected chi connectivity index (χ0v) is 11.8. The summed E-state index contributed by atoms with van der Waals surface area (Å²) in [5.41, 5.74) is 1.02. The number of nitrogens with zero attached hydrogens (tertiary/aromatic N) is 1. The number of hydrogen-bond acceptors (Lipinski definition) is 3. The van der Waals surface area contributed by atoms with Gasteiger partial charge in [0.15, 0.2) is 0 Å². The third kappa shape index (κ3) is 2.81. The maximum Gasteiger partial charge on any atom is 0.292 e. The lowest BCUT2D eigenvalue weighted by Gasteiger charge is -1.99. The van der Waals surface area contributed by atoms with Crippen molar-refractivity contribution in [2.45, 2.75) is 13.6 Å². The Morgan fingerprint density at radius 2 is 2.06 bits per heavy atom. The van der Waals surface area contributed by atoms with Crippen LogP contribution in [0.1, 0.15) is 6.92 Å². The van der Waals surface area contributed by atoms with Gasteiger partial charge in [0.25, 0.3) is 5.56 Å². The lowest BCUT2D eigenvalue weighted by molar-refractivity contribution is -0.119. The lowest BCUT2D eigenvalue weighted by atomic mass is 10.1. The highest BCUT2D eigenvalue weighted by Crippen LogP contribution is 2.17. The van der Waals surface area contributed by atoms with Gasteiger partial charge < -0.3 is 9.84 Å². The summed E-state index contributed by atoms with van der Waals surface area (Å²) in [5.74, 6) is -0.214. The monoisotopic (exact) mass is 358 g/mol. The molecule has 6 heteroatoms. The second-order valence-electron chi connectivity index (χ2n) is 3.72. The van der Waals surface area contributed by atoms with E-state index in [9.17, 15) is 9.59 Å². The fraction of sp³-hybridized carbons (Fsp3) is 0.167. The fourth-order valence-electron chi connectivity index (χ4n) is 1.46. The molecule has 1 aromatic heterocycles. The summed E-state index contributed by atoms with van der Waals surface area (Å²) < 4.78 is 7.32. The topological polar surface area (TPSA) is 64.2 Å². The van der Waals surface area contributed by atoms with E-state index in [2.05, 4.69) is 27.9 Å². The number of amides is 1. The number of aromatic nitrogens is 1. The highest BCUT2D eigenvalue weighted by Gasteiger charge is 2.10. The van der Waals surface area contributed by atoms with Crippen LogP contribution in [0, 0.1) is 3.57 Å². The molecule has 2 rings (SSSR count). The first kappa shape index (κ1) is 12.9. The minimum atomic E-state index is -0.259. The molecule has 1 N–H and O–H groups in total. The molecule has 0 bridgehead atoms. The van der Waals surface area contributed by atoms with E-state index in [0.29, 0.717) is 5.56 Å². The van der Waals surface area contributed by atoms with Gasteiger partial charge in [0.05, 0.1) is 5.56 Å². The molecular weight excluding hydrogens is 347 g/mol. The Balaban J connectivity index is 2.28. The molecule has 0 aliphatic heterocycles. The molecule has 0 aliphatic carbocycles. The molecule has 0 atom stereocenters. The van der Waals surface area contributed by atoms with Gasteiger partial charge in [-0.05, 0) is 40.3 Å². The molecule has 1 heterocycles. The molecule has 0 saturated heterocycles. The standard InChI is InChI=1S/C12H11IN2O3/c1-8(16)14-7-15-12(17)11(6-18-15)9-2-4-10(13)5-3-9/h2-6H,7H2,1H3,(H,14,16). The Labute approximate surface area is 117 Å². The van der Waals surface area contributed by atoms with Gasteiger partial charge in [-0.1, -0.05) is 12.1 Å². The summed E-state index contributed by atoms with van der Waals surface area (Å²) in [5, 5.41) is 2.51. The van der Waals surface area contributed by atoms with E-state index in [0.717, 1.165) is 13.9 Å². The molecular formula is C12H11IN2O3. The van der Waals surface area contributed by atoms with Crippen molar-refractivity contribution in [3.05, 3.63) is 44.5 Å². The van der Waals surface area contributed by atoms with E-state index in [4.69, 9.17) is 4.52 Å². The van der Waals surface area contributed by atoms with Crippen molar-refractivity contribution >= 4 is 28.5 Å². The van der Waals surface area contributed by atoms with Gasteiger partial charge in [0.1, 0.15) is 12.9 Å². The van der Waals surface area contributed by atoms with Crippen LogP contribution in [0.15, 0.2) is 39.8 Å². The smallest absolute Gasteiger partial charge is 0.292 e. The van der Waals surface area contributed by atoms with Crippen molar-refractivity contribution in [3.8, 4) is 11.1 Å². The highest BCUT2D eigenvalue weighted by molar-refractivity contribution is 14.1. The summed E-state index contributed by atoms with van der Waals surface area (Å²) in [6.45, 7) is 1.42. The molecule has 94 valence electrons. The Morgan fingerprint density at radius 1 is 1.39 bits per heavy atom. The molecule has 1 aromatic carbocycles. The molecule has 5 nitrogen and oxygen atoms in total. The quantitative estimate of drug-likeness (QED) is 0.852. The largest absolute Gasteiger partial charge is 0.382 e. The predicted octanol–water partition coefficient (Wildman–Crippen LogP) is 1.81. The first-order valence-corrected chi connectivity index (χ1v) is 6.35. The number of hydrogen-bond donors (Lipinski definition) is 1. The van der Waals surface area contributed by atoms with E-state index < -0.39 is 0 Å². The van der Waals surface area contributed by atoms with Crippen LogP contribution < -0.4 is 10.9 Å². The van der Waals surface area contributed by atoms with E-state index in [1.165, 1.54) is 13.2 Å². The molecule has 0 aliphatic rings. The number of benzene rings is 1. The van der Waals surface area contributed by atoms with Crippen LogP contribution >= 0.6 is 22.6 Å². The Bertz CT molecular complexity index is 613. The first-order chi connectivity index (χ1) is 8.58. The van der Waals surface area contributed by atoms with E-state index in [1.54, 1.807) is 0 Å². The second kappa shape index (κ2) is 5.38. The lowest BCUT2D eigenvalue weighted by Crippen LogP contribution is -2.28. The summed E-state index contributed by atoms with van der Waals surface area (Å²) >= 11 is 2.20. The second-order valence-corrected chi connectivity index (χ2v) is 4.96. The van der Waals surface area contributed by atoms with E-state index in [1.807, 2.05) is 24.3 Å². The van der Waals surface area contributed by atoms with Crippen LogP contribution in [0.4, 0.5) is 0 Å². The van der Waals surface area contributed by atoms with Gasteiger partial charge in [0, 0.05) is 10.5 Å². The molecule has 18 heavy (non-hydrogen) atoms. The summed E-state index contributed by atoms with van der Waals surface area (Å²) in [4.78, 5) is 22.8. The maximum atomic E-state index is 12.0. The molecule has 0 radical (unpaired) electrons. The Hall–Kier alpha value is -1.57. The summed E-state index contributed by atoms with van der Waals surface area (Å²) in [6, 6.07) is 7.55. The van der Waals surface area contributed by atoms with E-state index >= 15 is 0 Å². The van der Waals surface area contributed by atoms with Gasteiger partial charge in [-0.3, -0.25) is 9.59 Å². The van der Waals surface area contributed by atoms with Crippen molar-refractivity contribution in [1.82, 2.24) is 10.1 Å². The van der Waals surface area contributed by atoms with Crippen molar-refractivity contribution in [2.75, 3.05) is 0 Å². The van der Waals surface area contributed by atoms with Gasteiger partial charge >= 0.3 is 0 Å². The molecule has 0 saturated carbocycles. The highest BCUT2D eigenvalue weighted by atomic mass is 127. The summed E-state index contributed by atoms with van der Waals surface area (Å²) in [6.07, 6.45) is 1.40. The van der Waals surface area contributed by atoms with Crippen LogP contribution in [-0.4, -0.2) is 10.6 Å². The molecule has 0 spiro atoms. The first-order valence-electron chi connectivity index (χ1n) is 5.27. The Kier molecular flexibility index (Phi) is 3.85. The molecule has 2 aromatic rings. The zero-order valence-electron chi connectivity index (χ0n) is 9.64. The third-order valence-electron chi connectivity index (χ3n) is 2.38. The maximum absolute atomic E-state index is 12.0. The summed E-state index contributed by atoms with van der Waals surface area (Å²) in [7, 11) is 0. The van der Waals surface area contributed by atoms with Crippen LogP contribution in [0.5, 0.6) is 0 Å². The van der Waals surface area contributed by atoms with Crippen molar-refractivity contribution in [1.29, 1.82) is 0 Å². The Morgan fingerprint density at radius 3 is 2.67 bits per heavy atom. The number of rotatable bonds is 3. The third-order valence-corrected chi connectivity index (χ3v) is 3.10. The SMILES string of the molecule is CC(=O)NCn1occ(-c2ccc(I)cc2)c1=O. The normalized spacial score (nSPS) is 10.3. The van der Waals surface area contributed by atoms with Crippen LogP contribution in [0.2, 0.25) is 0 Å². The van der Waals surface area contributed by atoms with Gasteiger partial charge in [-0.2, -0.15) is 4.74 Å². The van der Waals surface area contributed by atoms with Crippen molar-refractivity contribution in [2.24, 2.45) is 0 Å². The molecule has 1 amide bonds. The minimum absolute atomic E-state index is 0.0402. The predicted molar refractivity (Wildman–Crippen MR) is 74.9 cm³/mol. The minimum Gasteiger partial charge on any atom is -0.382 e. The molecule has 0 unspecified atom stereocenters. The number of carbonyl (C=O) groups excluding carboxylic acids is 1. The fourth-order valence-corrected chi connectivity index (χ4v) is 1.82. The van der Waals surface area contributed by atoms with Crippen molar-refractivity contribution in [3.63, 3.8) is 0 Å². The average Bonchev–Trinajstić information content (AvgIpc) is 2.69. The average molecular weight is 358 g/mol. The van der Waals surface area contributed by atoms with Gasteiger partial charge in [0.2, 0.25) is 5.91 Å². The van der Waals surface area contributed by atoms with Gasteiger partial charge in [-0.15, -0.1) is 0 Å². The van der Waals surface area contributed by atoms with Crippen LogP contribution in [0.3, 0.4) is 0 Å². The van der Waals surface area contributed by atoms with E-state index in [-0.39, 0.29) is 18.1 Å². The van der Waals surface area contributed by atoms with Crippen LogP contribution in [0.25, 0.3) is 11.1 Å². The number of carbonyl (C=O) groups is 1. The van der Waals surface area contributed by atoms with Gasteiger partial charge in [-0.25, -0.2) is 0 Å².